The third-order valence-corrected chi connectivity index (χ3v) is 7.31. The molecule has 0 aliphatic carbocycles. The average molecular weight is 495 g/mol. The monoisotopic (exact) mass is 494 g/mol. The van der Waals surface area contributed by atoms with Gasteiger partial charge in [0, 0.05) is 28.4 Å². The number of piperidine rings is 1. The smallest absolute Gasteiger partial charge is 0.161 e. The van der Waals surface area contributed by atoms with Crippen LogP contribution in [0, 0.1) is 0 Å². The number of ether oxygens (including phenoxy) is 1. The summed E-state index contributed by atoms with van der Waals surface area (Å²) < 4.78 is 6.19. The quantitative estimate of drug-likeness (QED) is 0.315. The van der Waals surface area contributed by atoms with Crippen LogP contribution < -0.4 is 10.1 Å². The Hall–Kier alpha value is -4.15. The molecule has 1 saturated heterocycles. The lowest BCUT2D eigenvalue weighted by Crippen LogP contribution is -2.34. The molecule has 10 heteroatoms. The van der Waals surface area contributed by atoms with Crippen molar-refractivity contribution in [3.63, 3.8) is 0 Å². The summed E-state index contributed by atoms with van der Waals surface area (Å²) in [5.41, 5.74) is 6.64. The van der Waals surface area contributed by atoms with Crippen LogP contribution in [-0.4, -0.2) is 54.3 Å². The second-order valence-electron chi connectivity index (χ2n) is 8.79. The number of nitrogens with zero attached hydrogens (tertiary/aromatic N) is 5. The minimum absolute atomic E-state index is 0.209. The van der Waals surface area contributed by atoms with E-state index in [1.54, 1.807) is 23.7 Å². The van der Waals surface area contributed by atoms with Crippen molar-refractivity contribution in [2.45, 2.75) is 18.9 Å². The summed E-state index contributed by atoms with van der Waals surface area (Å²) in [4.78, 5) is 23.1. The van der Waals surface area contributed by atoms with E-state index in [0.29, 0.717) is 11.5 Å². The van der Waals surface area contributed by atoms with Crippen molar-refractivity contribution >= 4 is 33.4 Å². The Kier molecular flexibility index (Phi) is 5.18. The maximum Gasteiger partial charge on any atom is 0.161 e. The number of H-pyrrole nitrogens is 2. The molecule has 0 aromatic carbocycles. The number of aromatic amines is 2. The Balaban J connectivity index is 1.26. The van der Waals surface area contributed by atoms with Crippen LogP contribution >= 0.6 is 11.3 Å². The molecule has 0 spiro atoms. The highest BCUT2D eigenvalue weighted by atomic mass is 32.1. The SMILES string of the molecule is c1csc(-c2cncc3[nH]c(-c4n[nH]c5ccc(-c6cncc(OC7CCNCC7)c6)nc45)nc23)c1. The van der Waals surface area contributed by atoms with Crippen molar-refractivity contribution in [2.75, 3.05) is 13.1 Å². The molecule has 3 N–H and O–H groups in total. The summed E-state index contributed by atoms with van der Waals surface area (Å²) in [5.74, 6) is 1.41. The van der Waals surface area contributed by atoms with Gasteiger partial charge in [-0.1, -0.05) is 6.07 Å². The lowest BCUT2D eigenvalue weighted by molar-refractivity contribution is 0.162. The van der Waals surface area contributed by atoms with Gasteiger partial charge in [-0.05, 0) is 55.6 Å². The summed E-state index contributed by atoms with van der Waals surface area (Å²) in [6, 6.07) is 10.1. The van der Waals surface area contributed by atoms with Crippen molar-refractivity contribution in [3.05, 3.63) is 60.5 Å². The van der Waals surface area contributed by atoms with Gasteiger partial charge in [0.05, 0.1) is 29.1 Å². The number of aromatic nitrogens is 7. The second kappa shape index (κ2) is 8.81. The van der Waals surface area contributed by atoms with Crippen LogP contribution in [0.3, 0.4) is 0 Å². The summed E-state index contributed by atoms with van der Waals surface area (Å²) in [6.07, 6.45) is 9.41. The zero-order valence-corrected chi connectivity index (χ0v) is 20.0. The van der Waals surface area contributed by atoms with E-state index in [1.165, 1.54) is 0 Å². The fourth-order valence-electron chi connectivity index (χ4n) is 4.61. The van der Waals surface area contributed by atoms with E-state index in [0.717, 1.165) is 75.4 Å². The Morgan fingerprint density at radius 1 is 0.917 bits per heavy atom. The number of nitrogens with one attached hydrogen (secondary N) is 3. The van der Waals surface area contributed by atoms with Crippen LogP contribution in [0.4, 0.5) is 0 Å². The Morgan fingerprint density at radius 3 is 2.72 bits per heavy atom. The van der Waals surface area contributed by atoms with Crippen LogP contribution in [0.1, 0.15) is 12.8 Å². The second-order valence-corrected chi connectivity index (χ2v) is 9.74. The molecule has 7 rings (SSSR count). The lowest BCUT2D eigenvalue weighted by Gasteiger charge is -2.23. The van der Waals surface area contributed by atoms with E-state index >= 15 is 0 Å². The number of imidazole rings is 1. The van der Waals surface area contributed by atoms with Gasteiger partial charge in [0.25, 0.3) is 0 Å². The van der Waals surface area contributed by atoms with Crippen LogP contribution in [-0.2, 0) is 0 Å². The summed E-state index contributed by atoms with van der Waals surface area (Å²) in [6.45, 7) is 1.96. The molecule has 0 bridgehead atoms. The van der Waals surface area contributed by atoms with Crippen molar-refractivity contribution in [3.8, 4) is 39.0 Å². The van der Waals surface area contributed by atoms with Gasteiger partial charge in [0.2, 0.25) is 0 Å². The first kappa shape index (κ1) is 21.2. The maximum absolute atomic E-state index is 6.19. The normalized spacial score (nSPS) is 14.6. The predicted molar refractivity (Wildman–Crippen MR) is 140 cm³/mol. The van der Waals surface area contributed by atoms with Gasteiger partial charge in [-0.15, -0.1) is 11.3 Å². The summed E-state index contributed by atoms with van der Waals surface area (Å²) >= 11 is 1.66. The van der Waals surface area contributed by atoms with Gasteiger partial charge >= 0.3 is 0 Å². The fourth-order valence-corrected chi connectivity index (χ4v) is 5.35. The van der Waals surface area contributed by atoms with Crippen LogP contribution in [0.5, 0.6) is 5.75 Å². The number of hydrogen-bond acceptors (Lipinski definition) is 8. The number of rotatable bonds is 5. The zero-order chi connectivity index (χ0) is 23.9. The van der Waals surface area contributed by atoms with E-state index in [1.807, 2.05) is 36.7 Å². The predicted octanol–water partition coefficient (Wildman–Crippen LogP) is 4.82. The van der Waals surface area contributed by atoms with Crippen LogP contribution in [0.2, 0.25) is 0 Å². The first-order valence-electron chi connectivity index (χ1n) is 11.9. The molecular weight excluding hydrogens is 472 g/mol. The minimum atomic E-state index is 0.209. The van der Waals surface area contributed by atoms with E-state index in [2.05, 4.69) is 41.9 Å². The van der Waals surface area contributed by atoms with Gasteiger partial charge in [0.15, 0.2) is 11.5 Å². The largest absolute Gasteiger partial charge is 0.489 e. The number of hydrogen-bond donors (Lipinski definition) is 3. The van der Waals surface area contributed by atoms with E-state index in [-0.39, 0.29) is 6.10 Å². The average Bonchev–Trinajstić information content (AvgIpc) is 3.68. The molecule has 9 nitrogen and oxygen atoms in total. The molecule has 0 atom stereocenters. The molecule has 178 valence electrons. The van der Waals surface area contributed by atoms with Gasteiger partial charge in [0.1, 0.15) is 22.9 Å². The van der Waals surface area contributed by atoms with E-state index in [9.17, 15) is 0 Å². The van der Waals surface area contributed by atoms with E-state index < -0.39 is 0 Å². The van der Waals surface area contributed by atoms with Gasteiger partial charge < -0.3 is 15.0 Å². The Labute approximate surface area is 210 Å². The lowest BCUT2D eigenvalue weighted by atomic mass is 10.1. The molecule has 6 aromatic heterocycles. The Bertz CT molecular complexity index is 1670. The van der Waals surface area contributed by atoms with Gasteiger partial charge in [-0.3, -0.25) is 15.1 Å². The topological polar surface area (TPSA) is 117 Å². The molecule has 0 radical (unpaired) electrons. The molecule has 1 aliphatic rings. The number of fused-ring (bicyclic) bond motifs is 2. The van der Waals surface area contributed by atoms with Gasteiger partial charge in [-0.25, -0.2) is 9.97 Å². The van der Waals surface area contributed by atoms with Crippen molar-refractivity contribution < 1.29 is 4.74 Å². The van der Waals surface area contributed by atoms with Gasteiger partial charge in [-0.2, -0.15) is 5.10 Å². The maximum atomic E-state index is 6.19. The third-order valence-electron chi connectivity index (χ3n) is 6.41. The van der Waals surface area contributed by atoms with Crippen molar-refractivity contribution in [1.29, 1.82) is 0 Å². The summed E-state index contributed by atoms with van der Waals surface area (Å²) in [5, 5.41) is 13.0. The molecule has 0 amide bonds. The Morgan fingerprint density at radius 2 is 1.83 bits per heavy atom. The standard InChI is InChI=1S/C26H22N8OS/c1-2-22(36-9-1)18-13-29-14-21-23(18)32-26(31-21)25-24-20(33-34-25)4-3-19(30-24)15-10-17(12-28-11-15)35-16-5-7-27-8-6-16/h1-4,9-14,16,27H,5-8H2,(H,31,32)(H,33,34). The molecule has 0 unspecified atom stereocenters. The molecule has 6 aromatic rings. The number of thiophene rings is 1. The molecule has 36 heavy (non-hydrogen) atoms. The minimum Gasteiger partial charge on any atom is -0.489 e. The van der Waals surface area contributed by atoms with Crippen LogP contribution in [0.15, 0.2) is 60.5 Å². The number of pyridine rings is 3. The van der Waals surface area contributed by atoms with Crippen molar-refractivity contribution in [1.82, 2.24) is 40.4 Å². The molecular formula is C26H22N8OS. The summed E-state index contributed by atoms with van der Waals surface area (Å²) in [7, 11) is 0. The molecule has 0 saturated carbocycles. The highest BCUT2D eigenvalue weighted by molar-refractivity contribution is 7.13. The zero-order valence-electron chi connectivity index (χ0n) is 19.2. The molecule has 1 fully saturated rings. The molecule has 7 heterocycles. The molecule has 1 aliphatic heterocycles. The third kappa shape index (κ3) is 3.80. The first-order valence-corrected chi connectivity index (χ1v) is 12.8. The van der Waals surface area contributed by atoms with E-state index in [4.69, 9.17) is 14.7 Å². The first-order chi connectivity index (χ1) is 17.8. The highest BCUT2D eigenvalue weighted by Crippen LogP contribution is 2.33. The highest BCUT2D eigenvalue weighted by Gasteiger charge is 2.18. The van der Waals surface area contributed by atoms with Crippen LogP contribution in [0.25, 0.3) is 55.3 Å². The fraction of sp³-hybridized carbons (Fsp3) is 0.192. The van der Waals surface area contributed by atoms with Crippen molar-refractivity contribution in [2.24, 2.45) is 0 Å².